The number of carbonyl (C=O) groups is 2. The first kappa shape index (κ1) is 16.1. The Balaban J connectivity index is 2.56. The van der Waals surface area contributed by atoms with Crippen LogP contribution in [-0.4, -0.2) is 47.5 Å². The number of hydrogen-bond donors (Lipinski definition) is 1. The number of halogens is 1. The van der Waals surface area contributed by atoms with E-state index in [4.69, 9.17) is 16.3 Å². The molecule has 1 heterocycles. The van der Waals surface area contributed by atoms with Gasteiger partial charge in [-0.05, 0) is 40.0 Å². The average Bonchev–Trinajstić information content (AvgIpc) is 2.34. The molecule has 1 saturated heterocycles. The Bertz CT molecular complexity index is 328. The van der Waals surface area contributed by atoms with Gasteiger partial charge in [0, 0.05) is 13.1 Å². The fraction of sp³-hybridized carbons (Fsp3) is 0.846. The van der Waals surface area contributed by atoms with Gasteiger partial charge in [0.05, 0.1) is 6.04 Å². The number of likely N-dealkylation sites (tertiary alicyclic amines) is 1. The van der Waals surface area contributed by atoms with Crippen molar-refractivity contribution in [1.29, 1.82) is 0 Å². The number of nitrogens with one attached hydrogen (secondary N) is 1. The lowest BCUT2D eigenvalue weighted by Crippen LogP contribution is -2.51. The van der Waals surface area contributed by atoms with E-state index in [0.29, 0.717) is 13.1 Å². The quantitative estimate of drug-likeness (QED) is 0.810. The number of amides is 2. The van der Waals surface area contributed by atoms with Crippen molar-refractivity contribution in [2.75, 3.05) is 19.0 Å². The number of hydrogen-bond acceptors (Lipinski definition) is 3. The molecular weight excluding hydrogens is 268 g/mol. The van der Waals surface area contributed by atoms with Crippen LogP contribution in [0.1, 0.15) is 40.0 Å². The van der Waals surface area contributed by atoms with Gasteiger partial charge in [-0.1, -0.05) is 0 Å². The molecule has 0 aromatic carbocycles. The summed E-state index contributed by atoms with van der Waals surface area (Å²) in [5.74, 6) is -0.268. The summed E-state index contributed by atoms with van der Waals surface area (Å²) >= 11 is 5.44. The summed E-state index contributed by atoms with van der Waals surface area (Å²) in [5, 5.41) is 2.73. The number of ether oxygens (including phenoxy) is 1. The minimum absolute atomic E-state index is 0.00392. The van der Waals surface area contributed by atoms with Gasteiger partial charge in [0.1, 0.15) is 11.5 Å². The van der Waals surface area contributed by atoms with Gasteiger partial charge in [-0.2, -0.15) is 0 Å². The molecule has 1 fully saturated rings. The maximum absolute atomic E-state index is 12.1. The molecule has 1 rings (SSSR count). The molecule has 0 bridgehead atoms. The van der Waals surface area contributed by atoms with Gasteiger partial charge < -0.3 is 15.0 Å². The van der Waals surface area contributed by atoms with E-state index in [0.717, 1.165) is 19.3 Å². The third kappa shape index (κ3) is 5.68. The molecular formula is C13H23ClN2O3. The number of alkyl halides is 1. The molecule has 0 aromatic heterocycles. The second-order valence-electron chi connectivity index (χ2n) is 5.76. The fourth-order valence-corrected chi connectivity index (χ4v) is 2.15. The fourth-order valence-electron chi connectivity index (χ4n) is 2.05. The van der Waals surface area contributed by atoms with Gasteiger partial charge in [-0.3, -0.25) is 4.79 Å². The van der Waals surface area contributed by atoms with Gasteiger partial charge in [0.25, 0.3) is 0 Å². The zero-order valence-corrected chi connectivity index (χ0v) is 12.6. The summed E-state index contributed by atoms with van der Waals surface area (Å²) in [4.78, 5) is 25.0. The van der Waals surface area contributed by atoms with E-state index in [9.17, 15) is 9.59 Å². The van der Waals surface area contributed by atoms with E-state index in [-0.39, 0.29) is 23.9 Å². The minimum atomic E-state index is -0.502. The van der Waals surface area contributed by atoms with Crippen molar-refractivity contribution in [2.24, 2.45) is 0 Å². The van der Waals surface area contributed by atoms with Gasteiger partial charge in [-0.25, -0.2) is 4.79 Å². The Morgan fingerprint density at radius 3 is 2.63 bits per heavy atom. The number of nitrogens with zero attached hydrogens (tertiary/aromatic N) is 1. The van der Waals surface area contributed by atoms with Gasteiger partial charge >= 0.3 is 6.09 Å². The molecule has 0 spiro atoms. The lowest BCUT2D eigenvalue weighted by atomic mass is 10.0. The normalized spacial score (nSPS) is 20.0. The zero-order valence-electron chi connectivity index (χ0n) is 11.9. The summed E-state index contributed by atoms with van der Waals surface area (Å²) < 4.78 is 5.39. The third-order valence-electron chi connectivity index (χ3n) is 2.91. The summed E-state index contributed by atoms with van der Waals surface area (Å²) in [7, 11) is 0. The van der Waals surface area contributed by atoms with Crippen LogP contribution in [0.15, 0.2) is 0 Å². The molecule has 1 aliphatic rings. The smallest absolute Gasteiger partial charge is 0.410 e. The van der Waals surface area contributed by atoms with Crippen molar-refractivity contribution in [2.45, 2.75) is 51.7 Å². The highest BCUT2D eigenvalue weighted by molar-refractivity contribution is 6.27. The van der Waals surface area contributed by atoms with Crippen molar-refractivity contribution in [3.8, 4) is 0 Å². The van der Waals surface area contributed by atoms with E-state index in [2.05, 4.69) is 5.32 Å². The van der Waals surface area contributed by atoms with Gasteiger partial charge in [0.2, 0.25) is 5.91 Å². The van der Waals surface area contributed by atoms with Crippen LogP contribution in [0.2, 0.25) is 0 Å². The molecule has 19 heavy (non-hydrogen) atoms. The third-order valence-corrected chi connectivity index (χ3v) is 3.15. The van der Waals surface area contributed by atoms with E-state index < -0.39 is 5.60 Å². The van der Waals surface area contributed by atoms with Crippen molar-refractivity contribution in [1.82, 2.24) is 10.2 Å². The van der Waals surface area contributed by atoms with E-state index in [1.165, 1.54) is 0 Å². The van der Waals surface area contributed by atoms with Crippen LogP contribution < -0.4 is 5.32 Å². The van der Waals surface area contributed by atoms with E-state index in [1.54, 1.807) is 4.90 Å². The van der Waals surface area contributed by atoms with Crippen LogP contribution in [0.25, 0.3) is 0 Å². The molecule has 0 unspecified atom stereocenters. The Morgan fingerprint density at radius 1 is 1.37 bits per heavy atom. The maximum Gasteiger partial charge on any atom is 0.410 e. The molecule has 0 radical (unpaired) electrons. The first-order valence-electron chi connectivity index (χ1n) is 6.66. The molecule has 1 atom stereocenters. The zero-order chi connectivity index (χ0) is 14.5. The van der Waals surface area contributed by atoms with Crippen LogP contribution in [0.4, 0.5) is 4.79 Å². The molecule has 2 amide bonds. The Hall–Kier alpha value is -0.970. The molecule has 5 nitrogen and oxygen atoms in total. The SMILES string of the molecule is CC(C)(C)OC(=O)N1CCCC[C@@H]1CNC(=O)CCl. The highest BCUT2D eigenvalue weighted by Crippen LogP contribution is 2.19. The molecule has 1 N–H and O–H groups in total. The van der Waals surface area contributed by atoms with Crippen LogP contribution in [-0.2, 0) is 9.53 Å². The van der Waals surface area contributed by atoms with Gasteiger partial charge in [-0.15, -0.1) is 11.6 Å². The second kappa shape index (κ2) is 6.98. The highest BCUT2D eigenvalue weighted by Gasteiger charge is 2.30. The summed E-state index contributed by atoms with van der Waals surface area (Å²) in [6, 6.07) is -0.00392. The van der Waals surface area contributed by atoms with Gasteiger partial charge in [0.15, 0.2) is 0 Å². The number of piperidine rings is 1. The first-order valence-corrected chi connectivity index (χ1v) is 7.19. The topological polar surface area (TPSA) is 58.6 Å². The van der Waals surface area contributed by atoms with Crippen molar-refractivity contribution in [3.63, 3.8) is 0 Å². The number of rotatable bonds is 3. The molecule has 6 heteroatoms. The Labute approximate surface area is 119 Å². The van der Waals surface area contributed by atoms with Crippen molar-refractivity contribution in [3.05, 3.63) is 0 Å². The Morgan fingerprint density at radius 2 is 2.05 bits per heavy atom. The van der Waals surface area contributed by atoms with E-state index >= 15 is 0 Å². The summed E-state index contributed by atoms with van der Waals surface area (Å²) in [5.41, 5.74) is -0.502. The monoisotopic (exact) mass is 290 g/mol. The minimum Gasteiger partial charge on any atom is -0.444 e. The van der Waals surface area contributed by atoms with Crippen LogP contribution in [0.5, 0.6) is 0 Å². The molecule has 0 aromatic rings. The van der Waals surface area contributed by atoms with Crippen LogP contribution in [0, 0.1) is 0 Å². The standard InChI is InChI=1S/C13H23ClN2O3/c1-13(2,3)19-12(18)16-7-5-4-6-10(16)9-15-11(17)8-14/h10H,4-9H2,1-3H3,(H,15,17)/t10-/m1/s1. The first-order chi connectivity index (χ1) is 8.83. The maximum atomic E-state index is 12.1. The van der Waals surface area contributed by atoms with Crippen molar-refractivity contribution >= 4 is 23.6 Å². The molecule has 0 saturated carbocycles. The predicted octanol–water partition coefficient (Wildman–Crippen LogP) is 2.13. The highest BCUT2D eigenvalue weighted by atomic mass is 35.5. The summed E-state index contributed by atoms with van der Waals surface area (Å²) in [6.45, 7) is 6.65. The molecule has 1 aliphatic heterocycles. The Kier molecular flexibility index (Phi) is 5.91. The number of carbonyl (C=O) groups excluding carboxylic acids is 2. The lowest BCUT2D eigenvalue weighted by Gasteiger charge is -2.36. The molecule has 0 aliphatic carbocycles. The lowest BCUT2D eigenvalue weighted by molar-refractivity contribution is -0.119. The molecule has 110 valence electrons. The van der Waals surface area contributed by atoms with Crippen LogP contribution in [0.3, 0.4) is 0 Å². The average molecular weight is 291 g/mol. The van der Waals surface area contributed by atoms with Crippen LogP contribution >= 0.6 is 11.6 Å². The largest absolute Gasteiger partial charge is 0.444 e. The van der Waals surface area contributed by atoms with Crippen molar-refractivity contribution < 1.29 is 14.3 Å². The second-order valence-corrected chi connectivity index (χ2v) is 6.03. The summed E-state index contributed by atoms with van der Waals surface area (Å²) in [6.07, 6.45) is 2.60. The predicted molar refractivity (Wildman–Crippen MR) is 74.3 cm³/mol. The van der Waals surface area contributed by atoms with E-state index in [1.807, 2.05) is 20.8 Å².